The van der Waals surface area contributed by atoms with Gasteiger partial charge in [0.25, 0.3) is 0 Å². The van der Waals surface area contributed by atoms with Gasteiger partial charge in [-0.2, -0.15) is 5.26 Å². The van der Waals surface area contributed by atoms with Crippen molar-refractivity contribution in [2.45, 2.75) is 5.54 Å². The van der Waals surface area contributed by atoms with Gasteiger partial charge in [0.05, 0.1) is 31.5 Å². The molecular formula is C11H14N2O3. The summed E-state index contributed by atoms with van der Waals surface area (Å²) >= 11 is 0. The Bertz CT molecular complexity index is 358. The summed E-state index contributed by atoms with van der Waals surface area (Å²) < 4.78 is 0. The van der Waals surface area contributed by atoms with E-state index in [9.17, 15) is 0 Å². The van der Waals surface area contributed by atoms with Crippen LogP contribution >= 0.6 is 0 Å². The molecule has 0 bridgehead atoms. The molecule has 0 spiro atoms. The zero-order chi connectivity index (χ0) is 12.0. The molecule has 0 unspecified atom stereocenters. The third-order valence-electron chi connectivity index (χ3n) is 2.33. The maximum Gasteiger partial charge on any atom is 0.107 e. The van der Waals surface area contributed by atoms with Gasteiger partial charge in [-0.15, -0.1) is 0 Å². The maximum absolute atomic E-state index is 9.10. The Morgan fingerprint density at radius 2 is 1.56 bits per heavy atom. The van der Waals surface area contributed by atoms with E-state index in [4.69, 9.17) is 20.6 Å². The third kappa shape index (κ3) is 2.70. The standard InChI is InChI=1S/C11H14N2O3/c12-5-9-1-3-10(4-2-9)13-11(6-14,7-15)8-16/h1-4,13-16H,6-8H2. The Labute approximate surface area is 93.6 Å². The summed E-state index contributed by atoms with van der Waals surface area (Å²) in [6.07, 6.45) is 0. The molecule has 0 aromatic heterocycles. The van der Waals surface area contributed by atoms with Crippen LogP contribution in [0.1, 0.15) is 5.56 Å². The van der Waals surface area contributed by atoms with Gasteiger partial charge in [-0.3, -0.25) is 0 Å². The van der Waals surface area contributed by atoms with E-state index < -0.39 is 5.54 Å². The lowest BCUT2D eigenvalue weighted by Crippen LogP contribution is -2.49. The number of aliphatic hydroxyl groups is 3. The maximum atomic E-state index is 9.10. The van der Waals surface area contributed by atoms with Crippen LogP contribution in [0.2, 0.25) is 0 Å². The summed E-state index contributed by atoms with van der Waals surface area (Å²) in [7, 11) is 0. The Hall–Kier alpha value is -1.61. The van der Waals surface area contributed by atoms with Crippen LogP contribution in [0.15, 0.2) is 24.3 Å². The molecule has 0 saturated carbocycles. The molecule has 1 rings (SSSR count). The van der Waals surface area contributed by atoms with Crippen LogP contribution in [-0.4, -0.2) is 40.7 Å². The van der Waals surface area contributed by atoms with Crippen LogP contribution in [0.3, 0.4) is 0 Å². The van der Waals surface area contributed by atoms with Crippen molar-refractivity contribution in [2.24, 2.45) is 0 Å². The molecule has 0 aliphatic heterocycles. The largest absolute Gasteiger partial charge is 0.394 e. The normalized spacial score (nSPS) is 10.9. The number of anilines is 1. The van der Waals surface area contributed by atoms with Crippen molar-refractivity contribution in [3.8, 4) is 6.07 Å². The van der Waals surface area contributed by atoms with Gasteiger partial charge < -0.3 is 20.6 Å². The molecule has 1 aromatic rings. The summed E-state index contributed by atoms with van der Waals surface area (Å²) in [5.41, 5.74) is -0.00182. The fourth-order valence-electron chi connectivity index (χ4n) is 1.20. The van der Waals surface area contributed by atoms with Gasteiger partial charge in [-0.1, -0.05) is 0 Å². The number of hydrogen-bond donors (Lipinski definition) is 4. The molecule has 5 heteroatoms. The second kappa shape index (κ2) is 5.47. The van der Waals surface area contributed by atoms with E-state index in [0.717, 1.165) is 0 Å². The van der Waals surface area contributed by atoms with Crippen molar-refractivity contribution in [1.29, 1.82) is 5.26 Å². The SMILES string of the molecule is N#Cc1ccc(NC(CO)(CO)CO)cc1. The Balaban J connectivity index is 2.82. The van der Waals surface area contributed by atoms with E-state index in [0.29, 0.717) is 11.3 Å². The first-order valence-corrected chi connectivity index (χ1v) is 4.80. The molecule has 4 N–H and O–H groups in total. The first kappa shape index (κ1) is 12.5. The lowest BCUT2D eigenvalue weighted by molar-refractivity contribution is 0.0834. The van der Waals surface area contributed by atoms with Crippen molar-refractivity contribution in [3.05, 3.63) is 29.8 Å². The Kier molecular flexibility index (Phi) is 4.26. The molecule has 0 fully saturated rings. The molecule has 0 radical (unpaired) electrons. The van der Waals surface area contributed by atoms with Gasteiger partial charge in [0.2, 0.25) is 0 Å². The lowest BCUT2D eigenvalue weighted by Gasteiger charge is -2.29. The molecule has 0 aliphatic rings. The van der Waals surface area contributed by atoms with Crippen LogP contribution in [0, 0.1) is 11.3 Å². The molecule has 5 nitrogen and oxygen atoms in total. The van der Waals surface area contributed by atoms with Crippen LogP contribution in [0.25, 0.3) is 0 Å². The van der Waals surface area contributed by atoms with E-state index in [-0.39, 0.29) is 19.8 Å². The predicted molar refractivity (Wildman–Crippen MR) is 58.8 cm³/mol. The summed E-state index contributed by atoms with van der Waals surface area (Å²) in [5.74, 6) is 0. The van der Waals surface area contributed by atoms with Gasteiger partial charge in [0, 0.05) is 5.69 Å². The van der Waals surface area contributed by atoms with Crippen molar-refractivity contribution in [2.75, 3.05) is 25.1 Å². The monoisotopic (exact) mass is 222 g/mol. The van der Waals surface area contributed by atoms with Crippen molar-refractivity contribution < 1.29 is 15.3 Å². The summed E-state index contributed by atoms with van der Waals surface area (Å²) in [4.78, 5) is 0. The number of nitrogens with zero attached hydrogens (tertiary/aromatic N) is 1. The van der Waals surface area contributed by atoms with E-state index in [1.165, 1.54) is 0 Å². The van der Waals surface area contributed by atoms with Gasteiger partial charge in [-0.25, -0.2) is 0 Å². The minimum atomic E-state index is -1.14. The molecule has 1 aromatic carbocycles. The summed E-state index contributed by atoms with van der Waals surface area (Å²) in [5, 5.41) is 38.8. The van der Waals surface area contributed by atoms with Crippen LogP contribution in [0.5, 0.6) is 0 Å². The predicted octanol–water partition coefficient (Wildman–Crippen LogP) is -0.314. The second-order valence-electron chi connectivity index (χ2n) is 3.57. The van der Waals surface area contributed by atoms with Crippen molar-refractivity contribution in [1.82, 2.24) is 0 Å². The fraction of sp³-hybridized carbons (Fsp3) is 0.364. The number of benzene rings is 1. The number of rotatable bonds is 5. The average Bonchev–Trinajstić information content (AvgIpc) is 2.37. The molecule has 86 valence electrons. The summed E-state index contributed by atoms with van der Waals surface area (Å²) in [6, 6.07) is 8.50. The average molecular weight is 222 g/mol. The topological polar surface area (TPSA) is 96.5 Å². The Morgan fingerprint density at radius 1 is 1.06 bits per heavy atom. The van der Waals surface area contributed by atoms with Crippen LogP contribution < -0.4 is 5.32 Å². The number of hydrogen-bond acceptors (Lipinski definition) is 5. The highest BCUT2D eigenvalue weighted by molar-refractivity contribution is 5.49. The minimum Gasteiger partial charge on any atom is -0.394 e. The second-order valence-corrected chi connectivity index (χ2v) is 3.57. The number of nitrogens with one attached hydrogen (secondary N) is 1. The molecule has 0 saturated heterocycles. The fourth-order valence-corrected chi connectivity index (χ4v) is 1.20. The van der Waals surface area contributed by atoms with Gasteiger partial charge >= 0.3 is 0 Å². The van der Waals surface area contributed by atoms with Gasteiger partial charge in [-0.05, 0) is 24.3 Å². The zero-order valence-corrected chi connectivity index (χ0v) is 8.72. The first-order valence-electron chi connectivity index (χ1n) is 4.80. The molecular weight excluding hydrogens is 208 g/mol. The molecule has 0 aliphatic carbocycles. The summed E-state index contributed by atoms with van der Waals surface area (Å²) in [6.45, 7) is -1.17. The smallest absolute Gasteiger partial charge is 0.107 e. The van der Waals surface area contributed by atoms with Crippen LogP contribution in [-0.2, 0) is 0 Å². The molecule has 0 amide bonds. The quantitative estimate of drug-likeness (QED) is 0.548. The van der Waals surface area contributed by atoms with Gasteiger partial charge in [0.1, 0.15) is 5.54 Å². The highest BCUT2D eigenvalue weighted by Gasteiger charge is 2.27. The van der Waals surface area contributed by atoms with E-state index in [1.54, 1.807) is 24.3 Å². The highest BCUT2D eigenvalue weighted by Crippen LogP contribution is 2.15. The molecule has 0 atom stereocenters. The van der Waals surface area contributed by atoms with E-state index in [2.05, 4.69) is 5.32 Å². The van der Waals surface area contributed by atoms with Crippen LogP contribution in [0.4, 0.5) is 5.69 Å². The third-order valence-corrected chi connectivity index (χ3v) is 2.33. The number of aliphatic hydroxyl groups excluding tert-OH is 3. The Morgan fingerprint density at radius 3 is 1.94 bits per heavy atom. The minimum absolute atomic E-state index is 0.389. The highest BCUT2D eigenvalue weighted by atomic mass is 16.3. The molecule has 0 heterocycles. The first-order chi connectivity index (χ1) is 7.69. The molecule has 16 heavy (non-hydrogen) atoms. The van der Waals surface area contributed by atoms with Crippen molar-refractivity contribution in [3.63, 3.8) is 0 Å². The van der Waals surface area contributed by atoms with Gasteiger partial charge in [0.15, 0.2) is 0 Å². The van der Waals surface area contributed by atoms with E-state index >= 15 is 0 Å². The van der Waals surface area contributed by atoms with E-state index in [1.807, 2.05) is 6.07 Å². The number of nitriles is 1. The van der Waals surface area contributed by atoms with Crippen molar-refractivity contribution >= 4 is 5.69 Å². The zero-order valence-electron chi connectivity index (χ0n) is 8.72. The lowest BCUT2D eigenvalue weighted by atomic mass is 10.0.